The summed E-state index contributed by atoms with van der Waals surface area (Å²) in [5.41, 5.74) is 0. The van der Waals surface area contributed by atoms with E-state index in [9.17, 15) is 0 Å². The Kier molecular flexibility index (Phi) is 5.88. The van der Waals surface area contributed by atoms with Crippen LogP contribution in [0.2, 0.25) is 0 Å². The van der Waals surface area contributed by atoms with Gasteiger partial charge in [-0.3, -0.25) is 0 Å². The Balaban J connectivity index is 2.54. The molecule has 1 aromatic heterocycles. The summed E-state index contributed by atoms with van der Waals surface area (Å²) in [5.74, 6) is 2.28. The maximum atomic E-state index is 8.48. The number of aromatic nitrogens is 2. The Morgan fingerprint density at radius 2 is 1.83 bits per heavy atom. The normalized spacial score (nSPS) is 10.2. The Morgan fingerprint density at radius 3 is 2.39 bits per heavy atom. The molecular weight excluding hydrogens is 228 g/mol. The summed E-state index contributed by atoms with van der Waals surface area (Å²) in [6.07, 6.45) is 0.465. The SMILES string of the molecule is Cc1nc(NCCC#N)cc(NCCN(C)C)n1. The molecule has 6 heteroatoms. The molecule has 1 heterocycles. The number of anilines is 2. The van der Waals surface area contributed by atoms with Gasteiger partial charge in [0.1, 0.15) is 17.5 Å². The predicted octanol–water partition coefficient (Wildman–Crippen LogP) is 1.08. The monoisotopic (exact) mass is 248 g/mol. The van der Waals surface area contributed by atoms with Gasteiger partial charge in [0.25, 0.3) is 0 Å². The van der Waals surface area contributed by atoms with Crippen LogP contribution in [-0.4, -0.2) is 48.6 Å². The minimum absolute atomic E-state index is 0.465. The second-order valence-corrected chi connectivity index (χ2v) is 4.25. The molecule has 1 aromatic rings. The molecule has 98 valence electrons. The molecule has 0 atom stereocenters. The van der Waals surface area contributed by atoms with Crippen LogP contribution < -0.4 is 10.6 Å². The fourth-order valence-corrected chi connectivity index (χ4v) is 1.40. The zero-order chi connectivity index (χ0) is 13.4. The summed E-state index contributed by atoms with van der Waals surface area (Å²) in [5, 5.41) is 14.8. The van der Waals surface area contributed by atoms with Crippen molar-refractivity contribution in [3.63, 3.8) is 0 Å². The van der Waals surface area contributed by atoms with E-state index in [1.54, 1.807) is 0 Å². The van der Waals surface area contributed by atoms with E-state index in [0.717, 1.165) is 24.7 Å². The summed E-state index contributed by atoms with van der Waals surface area (Å²) in [6, 6.07) is 3.95. The molecule has 0 saturated carbocycles. The molecule has 0 aromatic carbocycles. The molecule has 0 aliphatic carbocycles. The fourth-order valence-electron chi connectivity index (χ4n) is 1.40. The van der Waals surface area contributed by atoms with Crippen molar-refractivity contribution in [1.82, 2.24) is 14.9 Å². The van der Waals surface area contributed by atoms with Crippen LogP contribution in [0.3, 0.4) is 0 Å². The van der Waals surface area contributed by atoms with Crippen molar-refractivity contribution in [1.29, 1.82) is 5.26 Å². The summed E-state index contributed by atoms with van der Waals surface area (Å²) in [4.78, 5) is 10.7. The topological polar surface area (TPSA) is 76.9 Å². The van der Waals surface area contributed by atoms with Crippen molar-refractivity contribution < 1.29 is 0 Å². The number of likely N-dealkylation sites (N-methyl/N-ethyl adjacent to an activating group) is 1. The number of nitrogens with one attached hydrogen (secondary N) is 2. The predicted molar refractivity (Wildman–Crippen MR) is 72.5 cm³/mol. The summed E-state index contributed by atoms with van der Waals surface area (Å²) < 4.78 is 0. The molecule has 0 fully saturated rings. The van der Waals surface area contributed by atoms with Crippen LogP contribution >= 0.6 is 0 Å². The molecule has 0 amide bonds. The molecular formula is C12H20N6. The van der Waals surface area contributed by atoms with Crippen LogP contribution in [0.25, 0.3) is 0 Å². The summed E-state index contributed by atoms with van der Waals surface area (Å²) in [7, 11) is 4.06. The standard InChI is InChI=1S/C12H20N6/c1-10-16-11(14-6-4-5-13)9-12(17-10)15-7-8-18(2)3/h9H,4,6-8H2,1-3H3,(H2,14,15,16,17). The largest absolute Gasteiger partial charge is 0.369 e. The van der Waals surface area contributed by atoms with Crippen molar-refractivity contribution in [2.45, 2.75) is 13.3 Å². The van der Waals surface area contributed by atoms with Crippen LogP contribution in [0.5, 0.6) is 0 Å². The Hall–Kier alpha value is -1.87. The van der Waals surface area contributed by atoms with E-state index in [2.05, 4.69) is 31.6 Å². The summed E-state index contributed by atoms with van der Waals surface area (Å²) >= 11 is 0. The second kappa shape index (κ2) is 7.45. The van der Waals surface area contributed by atoms with Gasteiger partial charge in [-0.05, 0) is 21.0 Å². The molecule has 0 spiro atoms. The summed E-state index contributed by atoms with van der Waals surface area (Å²) in [6.45, 7) is 4.23. The van der Waals surface area contributed by atoms with Crippen LogP contribution in [0, 0.1) is 18.3 Å². The van der Waals surface area contributed by atoms with E-state index >= 15 is 0 Å². The molecule has 2 N–H and O–H groups in total. The Morgan fingerprint density at radius 1 is 1.22 bits per heavy atom. The van der Waals surface area contributed by atoms with Gasteiger partial charge in [-0.1, -0.05) is 0 Å². The number of nitrogens with zero attached hydrogens (tertiary/aromatic N) is 4. The van der Waals surface area contributed by atoms with Crippen LogP contribution in [0.4, 0.5) is 11.6 Å². The van der Waals surface area contributed by atoms with Gasteiger partial charge in [-0.15, -0.1) is 0 Å². The van der Waals surface area contributed by atoms with Gasteiger partial charge in [0.05, 0.1) is 12.5 Å². The van der Waals surface area contributed by atoms with Crippen molar-refractivity contribution in [2.75, 3.05) is 44.4 Å². The first-order valence-electron chi connectivity index (χ1n) is 5.97. The van der Waals surface area contributed by atoms with Gasteiger partial charge in [-0.2, -0.15) is 5.26 Å². The fraction of sp³-hybridized carbons (Fsp3) is 0.583. The van der Waals surface area contributed by atoms with Gasteiger partial charge >= 0.3 is 0 Å². The van der Waals surface area contributed by atoms with Crippen molar-refractivity contribution in [3.05, 3.63) is 11.9 Å². The highest BCUT2D eigenvalue weighted by atomic mass is 15.1. The first-order chi connectivity index (χ1) is 8.61. The second-order valence-electron chi connectivity index (χ2n) is 4.25. The number of hydrogen-bond acceptors (Lipinski definition) is 6. The molecule has 0 saturated heterocycles. The van der Waals surface area contributed by atoms with Gasteiger partial charge < -0.3 is 15.5 Å². The molecule has 1 rings (SSSR count). The third-order valence-corrected chi connectivity index (χ3v) is 2.25. The highest BCUT2D eigenvalue weighted by Gasteiger charge is 2.01. The average Bonchev–Trinajstić information content (AvgIpc) is 2.28. The lowest BCUT2D eigenvalue weighted by Crippen LogP contribution is -2.21. The minimum Gasteiger partial charge on any atom is -0.369 e. The molecule has 0 bridgehead atoms. The molecule has 18 heavy (non-hydrogen) atoms. The lowest BCUT2D eigenvalue weighted by Gasteiger charge is -2.12. The zero-order valence-electron chi connectivity index (χ0n) is 11.2. The maximum absolute atomic E-state index is 8.48. The molecule has 6 nitrogen and oxygen atoms in total. The van der Waals surface area contributed by atoms with Crippen molar-refractivity contribution in [3.8, 4) is 6.07 Å². The van der Waals surface area contributed by atoms with E-state index < -0.39 is 0 Å². The van der Waals surface area contributed by atoms with E-state index in [-0.39, 0.29) is 0 Å². The minimum atomic E-state index is 0.465. The Bertz CT molecular complexity index is 410. The number of aryl methyl sites for hydroxylation is 1. The number of rotatable bonds is 7. The highest BCUT2D eigenvalue weighted by Crippen LogP contribution is 2.10. The van der Waals surface area contributed by atoms with E-state index in [1.807, 2.05) is 27.1 Å². The smallest absolute Gasteiger partial charge is 0.131 e. The van der Waals surface area contributed by atoms with Crippen molar-refractivity contribution >= 4 is 11.6 Å². The van der Waals surface area contributed by atoms with E-state index in [4.69, 9.17) is 5.26 Å². The number of hydrogen-bond donors (Lipinski definition) is 2. The first-order valence-corrected chi connectivity index (χ1v) is 5.97. The Labute approximate surface area is 108 Å². The average molecular weight is 248 g/mol. The van der Waals surface area contributed by atoms with E-state index in [1.165, 1.54) is 0 Å². The van der Waals surface area contributed by atoms with Gasteiger partial charge in [-0.25, -0.2) is 9.97 Å². The zero-order valence-corrected chi connectivity index (χ0v) is 11.2. The molecule has 0 aliphatic rings. The van der Waals surface area contributed by atoms with Crippen LogP contribution in [0.1, 0.15) is 12.2 Å². The molecule has 0 aliphatic heterocycles. The highest BCUT2D eigenvalue weighted by molar-refractivity contribution is 5.47. The van der Waals surface area contributed by atoms with Crippen LogP contribution in [0.15, 0.2) is 6.07 Å². The van der Waals surface area contributed by atoms with Gasteiger partial charge in [0, 0.05) is 25.7 Å². The first kappa shape index (κ1) is 14.2. The van der Waals surface area contributed by atoms with E-state index in [0.29, 0.717) is 18.8 Å². The van der Waals surface area contributed by atoms with Crippen molar-refractivity contribution in [2.24, 2.45) is 0 Å². The lowest BCUT2D eigenvalue weighted by molar-refractivity contribution is 0.425. The molecule has 0 radical (unpaired) electrons. The quantitative estimate of drug-likeness (QED) is 0.703. The van der Waals surface area contributed by atoms with Gasteiger partial charge in [0.2, 0.25) is 0 Å². The number of nitriles is 1. The third-order valence-electron chi connectivity index (χ3n) is 2.25. The van der Waals surface area contributed by atoms with Gasteiger partial charge in [0.15, 0.2) is 0 Å². The molecule has 0 unspecified atom stereocenters. The lowest BCUT2D eigenvalue weighted by atomic mass is 10.4. The third kappa shape index (κ3) is 5.46. The van der Waals surface area contributed by atoms with Crippen LogP contribution in [-0.2, 0) is 0 Å². The maximum Gasteiger partial charge on any atom is 0.131 e.